The van der Waals surface area contributed by atoms with Crippen molar-refractivity contribution >= 4 is 11.3 Å². The minimum absolute atomic E-state index is 0.313. The van der Waals surface area contributed by atoms with Gasteiger partial charge in [-0.25, -0.2) is 0 Å². The average Bonchev–Trinajstić information content (AvgIpc) is 2.93. The molecule has 1 aliphatic carbocycles. The van der Waals surface area contributed by atoms with Gasteiger partial charge in [-0.2, -0.15) is 11.3 Å². The molecule has 3 rings (SSSR count). The molecule has 0 aliphatic heterocycles. The highest BCUT2D eigenvalue weighted by Crippen LogP contribution is 2.37. The zero-order valence-electron chi connectivity index (χ0n) is 10.4. The van der Waals surface area contributed by atoms with E-state index in [2.05, 4.69) is 29.6 Å². The predicted octanol–water partition coefficient (Wildman–Crippen LogP) is 4.29. The Hall–Kier alpha value is -1.12. The smallest absolute Gasteiger partial charge is 0.0803 e. The van der Waals surface area contributed by atoms with Gasteiger partial charge in [0.25, 0.3) is 0 Å². The van der Waals surface area contributed by atoms with E-state index < -0.39 is 0 Å². The summed E-state index contributed by atoms with van der Waals surface area (Å²) >= 11 is 1.66. The van der Waals surface area contributed by atoms with E-state index in [1.807, 2.05) is 11.4 Å². The number of benzene rings is 1. The summed E-state index contributed by atoms with van der Waals surface area (Å²) < 4.78 is 0. The molecule has 0 amide bonds. The molecule has 1 heterocycles. The lowest BCUT2D eigenvalue weighted by Gasteiger charge is -2.27. The Morgan fingerprint density at radius 1 is 1.28 bits per heavy atom. The third-order valence-electron chi connectivity index (χ3n) is 3.93. The van der Waals surface area contributed by atoms with Crippen LogP contribution in [0.3, 0.4) is 0 Å². The number of hydrogen-bond donors (Lipinski definition) is 1. The summed E-state index contributed by atoms with van der Waals surface area (Å²) in [4.78, 5) is 0. The van der Waals surface area contributed by atoms with Crippen LogP contribution in [-0.4, -0.2) is 5.11 Å². The Bertz CT molecular complexity index is 504. The molecule has 0 bridgehead atoms. The van der Waals surface area contributed by atoms with Crippen LogP contribution >= 0.6 is 11.3 Å². The number of thiophene rings is 1. The summed E-state index contributed by atoms with van der Waals surface area (Å²) in [5, 5.41) is 14.4. The van der Waals surface area contributed by atoms with Crippen LogP contribution in [0.1, 0.15) is 48.0 Å². The first-order valence-electron chi connectivity index (χ1n) is 6.62. The van der Waals surface area contributed by atoms with E-state index >= 15 is 0 Å². The number of aryl methyl sites for hydroxylation is 1. The maximum absolute atomic E-state index is 10.3. The van der Waals surface area contributed by atoms with Crippen molar-refractivity contribution in [1.29, 1.82) is 0 Å². The molecule has 0 fully saturated rings. The van der Waals surface area contributed by atoms with Crippen LogP contribution in [-0.2, 0) is 6.42 Å². The van der Waals surface area contributed by atoms with E-state index in [0.29, 0.717) is 5.92 Å². The normalized spacial score (nSPS) is 20.4. The fraction of sp³-hybridized carbons (Fsp3) is 0.375. The van der Waals surface area contributed by atoms with E-state index in [1.165, 1.54) is 30.4 Å². The van der Waals surface area contributed by atoms with Crippen molar-refractivity contribution in [1.82, 2.24) is 0 Å². The molecular weight excluding hydrogens is 240 g/mol. The molecule has 0 radical (unpaired) electrons. The van der Waals surface area contributed by atoms with Gasteiger partial charge in [0, 0.05) is 0 Å². The molecule has 1 N–H and O–H groups in total. The van der Waals surface area contributed by atoms with Crippen molar-refractivity contribution in [2.24, 2.45) is 0 Å². The van der Waals surface area contributed by atoms with E-state index in [9.17, 15) is 5.11 Å². The first-order chi connectivity index (χ1) is 8.84. The average molecular weight is 258 g/mol. The summed E-state index contributed by atoms with van der Waals surface area (Å²) in [5.41, 5.74) is 4.01. The number of aliphatic hydroxyl groups is 1. The minimum atomic E-state index is -0.313. The topological polar surface area (TPSA) is 20.2 Å². The molecule has 2 atom stereocenters. The summed E-state index contributed by atoms with van der Waals surface area (Å²) in [7, 11) is 0. The van der Waals surface area contributed by atoms with Crippen LogP contribution < -0.4 is 0 Å². The lowest BCUT2D eigenvalue weighted by atomic mass is 9.79. The molecule has 1 aromatic carbocycles. The van der Waals surface area contributed by atoms with Crippen molar-refractivity contribution < 1.29 is 5.11 Å². The van der Waals surface area contributed by atoms with Crippen LogP contribution in [0.4, 0.5) is 0 Å². The third kappa shape index (κ3) is 2.36. The molecule has 1 aromatic heterocycles. The van der Waals surface area contributed by atoms with E-state index in [0.717, 1.165) is 12.0 Å². The Kier molecular flexibility index (Phi) is 3.48. The van der Waals surface area contributed by atoms with Crippen LogP contribution in [0.15, 0.2) is 41.1 Å². The number of hydrogen-bond acceptors (Lipinski definition) is 2. The van der Waals surface area contributed by atoms with Crippen molar-refractivity contribution in [3.8, 4) is 0 Å². The standard InChI is InChI=1S/C16H18OS/c17-16(14-8-9-18-11-14)10-13-6-3-5-12-4-1-2-7-15(12)13/h1-2,4,7-9,11,13,16-17H,3,5-6,10H2. The molecule has 18 heavy (non-hydrogen) atoms. The van der Waals surface area contributed by atoms with Gasteiger partial charge >= 0.3 is 0 Å². The number of rotatable bonds is 3. The molecule has 0 spiro atoms. The van der Waals surface area contributed by atoms with Gasteiger partial charge in [0.05, 0.1) is 6.10 Å². The maximum Gasteiger partial charge on any atom is 0.0803 e. The molecule has 1 aliphatic rings. The molecule has 0 saturated heterocycles. The van der Waals surface area contributed by atoms with Gasteiger partial charge in [-0.3, -0.25) is 0 Å². The van der Waals surface area contributed by atoms with Crippen LogP contribution in [0, 0.1) is 0 Å². The van der Waals surface area contributed by atoms with E-state index in [4.69, 9.17) is 0 Å². The highest BCUT2D eigenvalue weighted by molar-refractivity contribution is 7.07. The van der Waals surface area contributed by atoms with Gasteiger partial charge in [0.1, 0.15) is 0 Å². The summed E-state index contributed by atoms with van der Waals surface area (Å²) in [5.74, 6) is 0.518. The van der Waals surface area contributed by atoms with Gasteiger partial charge < -0.3 is 5.11 Å². The fourth-order valence-corrected chi connectivity index (χ4v) is 3.68. The van der Waals surface area contributed by atoms with Crippen LogP contribution in [0.5, 0.6) is 0 Å². The van der Waals surface area contributed by atoms with Gasteiger partial charge in [0.2, 0.25) is 0 Å². The van der Waals surface area contributed by atoms with E-state index in [1.54, 1.807) is 11.3 Å². The van der Waals surface area contributed by atoms with Crippen molar-refractivity contribution in [3.63, 3.8) is 0 Å². The van der Waals surface area contributed by atoms with E-state index in [-0.39, 0.29) is 6.10 Å². The molecule has 2 unspecified atom stereocenters. The lowest BCUT2D eigenvalue weighted by molar-refractivity contribution is 0.154. The largest absolute Gasteiger partial charge is 0.388 e. The molecule has 1 nitrogen and oxygen atoms in total. The second kappa shape index (κ2) is 5.25. The summed E-state index contributed by atoms with van der Waals surface area (Å²) in [6.45, 7) is 0. The van der Waals surface area contributed by atoms with Gasteiger partial charge in [-0.05, 0) is 65.1 Å². The highest BCUT2D eigenvalue weighted by Gasteiger charge is 2.23. The fourth-order valence-electron chi connectivity index (χ4n) is 2.97. The third-order valence-corrected chi connectivity index (χ3v) is 4.63. The molecule has 94 valence electrons. The maximum atomic E-state index is 10.3. The van der Waals surface area contributed by atoms with Crippen LogP contribution in [0.25, 0.3) is 0 Å². The Morgan fingerprint density at radius 2 is 2.17 bits per heavy atom. The lowest BCUT2D eigenvalue weighted by Crippen LogP contribution is -2.12. The van der Waals surface area contributed by atoms with Crippen molar-refractivity contribution in [2.45, 2.75) is 37.7 Å². The number of fused-ring (bicyclic) bond motifs is 1. The Morgan fingerprint density at radius 3 is 3.00 bits per heavy atom. The molecule has 2 aromatic rings. The van der Waals surface area contributed by atoms with Crippen molar-refractivity contribution in [2.75, 3.05) is 0 Å². The SMILES string of the molecule is OC(CC1CCCc2ccccc21)c1ccsc1. The Labute approximate surface area is 112 Å². The van der Waals surface area contributed by atoms with Gasteiger partial charge in [-0.15, -0.1) is 0 Å². The van der Waals surface area contributed by atoms with Crippen LogP contribution in [0.2, 0.25) is 0 Å². The zero-order valence-corrected chi connectivity index (χ0v) is 11.2. The van der Waals surface area contributed by atoms with Gasteiger partial charge in [-0.1, -0.05) is 24.3 Å². The minimum Gasteiger partial charge on any atom is -0.388 e. The van der Waals surface area contributed by atoms with Crippen molar-refractivity contribution in [3.05, 3.63) is 57.8 Å². The first-order valence-corrected chi connectivity index (χ1v) is 7.57. The first kappa shape index (κ1) is 11.9. The monoisotopic (exact) mass is 258 g/mol. The predicted molar refractivity (Wildman–Crippen MR) is 76.0 cm³/mol. The zero-order chi connectivity index (χ0) is 12.4. The van der Waals surface area contributed by atoms with Gasteiger partial charge in [0.15, 0.2) is 0 Å². The highest BCUT2D eigenvalue weighted by atomic mass is 32.1. The molecule has 2 heteroatoms. The summed E-state index contributed by atoms with van der Waals surface area (Å²) in [6, 6.07) is 10.7. The second-order valence-corrected chi connectivity index (χ2v) is 5.88. The summed E-state index contributed by atoms with van der Waals surface area (Å²) in [6.07, 6.45) is 4.19. The Balaban J connectivity index is 1.78. The second-order valence-electron chi connectivity index (χ2n) is 5.10. The molecular formula is C16H18OS. The molecule has 0 saturated carbocycles. The number of aliphatic hydroxyl groups excluding tert-OH is 1. The quantitative estimate of drug-likeness (QED) is 0.870.